The van der Waals surface area contributed by atoms with Gasteiger partial charge in [0.05, 0.1) is 21.9 Å². The Bertz CT molecular complexity index is 1590. The van der Waals surface area contributed by atoms with Gasteiger partial charge in [0.2, 0.25) is 11.9 Å². The van der Waals surface area contributed by atoms with Crippen LogP contribution in [0.1, 0.15) is 60.7 Å². The third kappa shape index (κ3) is 4.63. The van der Waals surface area contributed by atoms with Crippen LogP contribution in [-0.4, -0.2) is 75.9 Å². The lowest BCUT2D eigenvalue weighted by molar-refractivity contribution is 0.107. The molecular weight excluding hydrogens is 588 g/mol. The van der Waals surface area contributed by atoms with Gasteiger partial charge in [-0.25, -0.2) is 9.37 Å². The molecule has 3 aromatic rings. The third-order valence-corrected chi connectivity index (χ3v) is 12.1. The van der Waals surface area contributed by atoms with Gasteiger partial charge in [-0.15, -0.1) is 23.1 Å². The lowest BCUT2D eigenvalue weighted by Gasteiger charge is -2.47. The number of rotatable bonds is 8. The molecule has 11 nitrogen and oxygen atoms in total. The number of aromatic nitrogens is 4. The highest BCUT2D eigenvalue weighted by atomic mass is 32.2. The van der Waals surface area contributed by atoms with E-state index in [4.69, 9.17) is 31.2 Å². The summed E-state index contributed by atoms with van der Waals surface area (Å²) in [4.78, 5) is 26.4. The zero-order valence-corrected chi connectivity index (χ0v) is 25.9. The number of nitrogens with two attached hydrogens (primary N) is 2. The molecule has 0 saturated carbocycles. The van der Waals surface area contributed by atoms with Gasteiger partial charge in [0.1, 0.15) is 29.7 Å². The molecule has 4 aliphatic rings. The molecule has 1 spiro atoms. The number of hydrogen-bond acceptors (Lipinski definition) is 13. The van der Waals surface area contributed by atoms with Crippen LogP contribution in [-0.2, 0) is 10.5 Å². The van der Waals surface area contributed by atoms with E-state index in [2.05, 4.69) is 32.7 Å². The summed E-state index contributed by atoms with van der Waals surface area (Å²) in [7, 11) is 0. The molecule has 4 N–H and O–H groups in total. The number of hydrogen-bond donors (Lipinski definition) is 2. The highest BCUT2D eigenvalue weighted by Crippen LogP contribution is 2.57. The first kappa shape index (κ1) is 28.4. The van der Waals surface area contributed by atoms with Crippen LogP contribution < -0.4 is 26.0 Å². The Hall–Kier alpha value is -3.41. The molecule has 7 rings (SSSR count). The SMILES string of the molecule is CCN(c1nc(OC[C@@]23CCCN2C[C@H](F)C3)nc(N2CC3(C2)SCc2sc(N)c(C#N)c23)n1)[C@H](C)c1cccnc1N. The quantitative estimate of drug-likeness (QED) is 0.376. The number of nitrogens with zero attached hydrogens (tertiary/aromatic N) is 8. The molecule has 3 fully saturated rings. The maximum atomic E-state index is 14.4. The summed E-state index contributed by atoms with van der Waals surface area (Å²) in [5.74, 6) is 2.30. The van der Waals surface area contributed by atoms with Crippen molar-refractivity contribution in [3.63, 3.8) is 0 Å². The summed E-state index contributed by atoms with van der Waals surface area (Å²) in [6.07, 6.45) is 3.23. The molecule has 14 heteroatoms. The minimum absolute atomic E-state index is 0.157. The Balaban J connectivity index is 1.20. The molecule has 3 aromatic heterocycles. The molecule has 226 valence electrons. The van der Waals surface area contributed by atoms with E-state index in [0.717, 1.165) is 36.3 Å². The van der Waals surface area contributed by atoms with Gasteiger partial charge in [0.15, 0.2) is 0 Å². The average Bonchev–Trinajstić information content (AvgIpc) is 3.69. The first-order chi connectivity index (χ1) is 20.8. The Labute approximate surface area is 258 Å². The molecule has 4 aliphatic heterocycles. The summed E-state index contributed by atoms with van der Waals surface area (Å²) in [5.41, 5.74) is 14.7. The van der Waals surface area contributed by atoms with Crippen LogP contribution in [0.3, 0.4) is 0 Å². The fourth-order valence-electron chi connectivity index (χ4n) is 7.29. The van der Waals surface area contributed by atoms with Crippen LogP contribution in [0.5, 0.6) is 6.01 Å². The second-order valence-corrected chi connectivity index (χ2v) is 14.4. The average molecular weight is 623 g/mol. The topological polar surface area (TPSA) is 146 Å². The van der Waals surface area contributed by atoms with Crippen molar-refractivity contribution in [1.29, 1.82) is 5.26 Å². The van der Waals surface area contributed by atoms with Crippen molar-refractivity contribution in [2.45, 2.75) is 61.4 Å². The van der Waals surface area contributed by atoms with Gasteiger partial charge in [0, 0.05) is 60.6 Å². The second kappa shape index (κ2) is 10.6. The van der Waals surface area contributed by atoms with Crippen molar-refractivity contribution in [1.82, 2.24) is 24.8 Å². The van der Waals surface area contributed by atoms with E-state index < -0.39 is 6.17 Å². The van der Waals surface area contributed by atoms with E-state index in [1.807, 2.05) is 30.8 Å². The largest absolute Gasteiger partial charge is 0.461 e. The number of nitrogen functional groups attached to an aromatic ring is 2. The molecule has 0 unspecified atom stereocenters. The summed E-state index contributed by atoms with van der Waals surface area (Å²) < 4.78 is 20.6. The predicted molar refractivity (Wildman–Crippen MR) is 167 cm³/mol. The maximum absolute atomic E-state index is 14.4. The van der Waals surface area contributed by atoms with E-state index in [9.17, 15) is 9.65 Å². The van der Waals surface area contributed by atoms with Gasteiger partial charge < -0.3 is 26.0 Å². The molecule has 3 atom stereocenters. The Morgan fingerprint density at radius 3 is 2.91 bits per heavy atom. The number of fused-ring (bicyclic) bond motifs is 3. The van der Waals surface area contributed by atoms with Gasteiger partial charge in [-0.2, -0.15) is 20.2 Å². The van der Waals surface area contributed by atoms with E-state index >= 15 is 0 Å². The van der Waals surface area contributed by atoms with Crippen LogP contribution in [0.4, 0.5) is 27.1 Å². The van der Waals surface area contributed by atoms with E-state index in [1.54, 1.807) is 6.20 Å². The van der Waals surface area contributed by atoms with E-state index in [-0.39, 0.29) is 22.3 Å². The van der Waals surface area contributed by atoms with Gasteiger partial charge >= 0.3 is 6.01 Å². The van der Waals surface area contributed by atoms with E-state index in [0.29, 0.717) is 67.5 Å². The minimum atomic E-state index is -0.842. The predicted octanol–water partition coefficient (Wildman–Crippen LogP) is 3.87. The van der Waals surface area contributed by atoms with Crippen molar-refractivity contribution >= 4 is 45.8 Å². The summed E-state index contributed by atoms with van der Waals surface area (Å²) in [6, 6.07) is 6.23. The fraction of sp³-hybridized carbons (Fsp3) is 0.552. The summed E-state index contributed by atoms with van der Waals surface area (Å²) >= 11 is 3.37. The molecule has 0 bridgehead atoms. The first-order valence-corrected chi connectivity index (χ1v) is 16.5. The smallest absolute Gasteiger partial charge is 0.323 e. The van der Waals surface area contributed by atoms with Crippen molar-refractivity contribution in [3.8, 4) is 12.1 Å². The Morgan fingerprint density at radius 1 is 1.30 bits per heavy atom. The summed E-state index contributed by atoms with van der Waals surface area (Å²) in [6.45, 7) is 7.68. The fourth-order valence-corrected chi connectivity index (χ4v) is 10.1. The van der Waals surface area contributed by atoms with Crippen LogP contribution in [0.2, 0.25) is 0 Å². The highest BCUT2D eigenvalue weighted by molar-refractivity contribution is 8.00. The molecule has 0 aliphatic carbocycles. The van der Waals surface area contributed by atoms with E-state index in [1.165, 1.54) is 16.2 Å². The van der Waals surface area contributed by atoms with Gasteiger partial charge in [-0.3, -0.25) is 4.90 Å². The second-order valence-electron chi connectivity index (χ2n) is 11.9. The van der Waals surface area contributed by atoms with Gasteiger partial charge in [0.25, 0.3) is 0 Å². The zero-order chi connectivity index (χ0) is 29.9. The molecule has 7 heterocycles. The van der Waals surface area contributed by atoms with Crippen LogP contribution >= 0.6 is 23.1 Å². The van der Waals surface area contributed by atoms with Gasteiger partial charge in [-0.1, -0.05) is 6.07 Å². The summed E-state index contributed by atoms with van der Waals surface area (Å²) in [5, 5.41) is 10.4. The van der Waals surface area contributed by atoms with Crippen LogP contribution in [0.25, 0.3) is 0 Å². The van der Waals surface area contributed by atoms with Crippen molar-refractivity contribution in [2.24, 2.45) is 0 Å². The first-order valence-electron chi connectivity index (χ1n) is 14.7. The van der Waals surface area contributed by atoms with Crippen LogP contribution in [0.15, 0.2) is 18.3 Å². The third-order valence-electron chi connectivity index (χ3n) is 9.44. The maximum Gasteiger partial charge on any atom is 0.323 e. The van der Waals surface area contributed by atoms with Crippen LogP contribution in [0, 0.1) is 11.3 Å². The number of ether oxygens (including phenoxy) is 1. The Kier molecular flexibility index (Phi) is 7.02. The number of nitriles is 1. The Morgan fingerprint density at radius 2 is 2.14 bits per heavy atom. The molecular formula is C29H35FN10OS2. The standard InChI is InChI=1S/C29H35FN10OS2/c1-3-40(17(2)19-6-4-8-34-23(19)32)26-35-25(36-27(37-26)41-16-28-7-5-9-39(28)12-18(30)10-28)38-14-29(15-38)22-20(11-31)24(33)43-21(22)13-42-29/h4,6,8,17-18H,3,5,7,9-10,12-16,33H2,1-2H3,(H2,32,34)/t17-,18-,28+/m1/s1. The zero-order valence-electron chi connectivity index (χ0n) is 24.3. The van der Waals surface area contributed by atoms with Crippen molar-refractivity contribution < 1.29 is 9.13 Å². The monoisotopic (exact) mass is 622 g/mol. The molecule has 43 heavy (non-hydrogen) atoms. The number of alkyl halides is 1. The number of anilines is 4. The molecule has 3 saturated heterocycles. The molecule has 0 aromatic carbocycles. The molecule has 0 amide bonds. The molecule has 0 radical (unpaired) electrons. The normalized spacial score (nSPS) is 24.4. The number of pyridine rings is 1. The lowest BCUT2D eigenvalue weighted by atomic mass is 9.88. The van der Waals surface area contributed by atoms with Gasteiger partial charge in [-0.05, 0) is 39.3 Å². The highest BCUT2D eigenvalue weighted by Gasteiger charge is 2.53. The van der Waals surface area contributed by atoms with Crippen molar-refractivity contribution in [3.05, 3.63) is 39.9 Å². The lowest BCUT2D eigenvalue weighted by Crippen LogP contribution is -2.57. The number of thioether (sulfide) groups is 1. The number of halogens is 1. The van der Waals surface area contributed by atoms with Crippen molar-refractivity contribution in [2.75, 3.05) is 60.6 Å². The number of thiophene rings is 1. The minimum Gasteiger partial charge on any atom is -0.461 e.